The van der Waals surface area contributed by atoms with E-state index in [1.165, 1.54) is 19.3 Å². The molecular formula is C11H19N3O. The fraction of sp³-hybridized carbons (Fsp3) is 0.727. The Morgan fingerprint density at radius 2 is 2.27 bits per heavy atom. The van der Waals surface area contributed by atoms with Crippen molar-refractivity contribution in [1.29, 1.82) is 0 Å². The molecule has 2 heterocycles. The predicted octanol–water partition coefficient (Wildman–Crippen LogP) is 1.07. The quantitative estimate of drug-likeness (QED) is 0.792. The molecule has 0 spiro atoms. The van der Waals surface area contributed by atoms with Gasteiger partial charge in [0.15, 0.2) is 0 Å². The van der Waals surface area contributed by atoms with Gasteiger partial charge in [-0.15, -0.1) is 0 Å². The average molecular weight is 209 g/mol. The maximum Gasteiger partial charge on any atom is 0.0849 e. The summed E-state index contributed by atoms with van der Waals surface area (Å²) >= 11 is 0. The molecule has 2 rings (SSSR count). The third-order valence-electron chi connectivity index (χ3n) is 3.27. The van der Waals surface area contributed by atoms with Crippen LogP contribution in [-0.4, -0.2) is 33.4 Å². The van der Waals surface area contributed by atoms with Crippen LogP contribution in [0.4, 0.5) is 0 Å². The summed E-state index contributed by atoms with van der Waals surface area (Å²) in [5.74, 6) is 0. The summed E-state index contributed by atoms with van der Waals surface area (Å²) in [7, 11) is 4.04. The molecular weight excluding hydrogens is 190 g/mol. The third kappa shape index (κ3) is 2.06. The smallest absolute Gasteiger partial charge is 0.0849 e. The molecule has 1 unspecified atom stereocenters. The van der Waals surface area contributed by atoms with E-state index in [1.54, 1.807) is 4.68 Å². The normalized spacial score (nSPS) is 23.3. The van der Waals surface area contributed by atoms with Gasteiger partial charge in [0.25, 0.3) is 0 Å². The third-order valence-corrected chi connectivity index (χ3v) is 3.27. The minimum atomic E-state index is 0.0694. The van der Waals surface area contributed by atoms with E-state index in [-0.39, 0.29) is 6.61 Å². The van der Waals surface area contributed by atoms with Crippen molar-refractivity contribution in [3.05, 3.63) is 17.5 Å². The number of piperidine rings is 1. The minimum Gasteiger partial charge on any atom is -0.390 e. The molecule has 0 amide bonds. The van der Waals surface area contributed by atoms with Gasteiger partial charge in [-0.1, -0.05) is 6.42 Å². The summed E-state index contributed by atoms with van der Waals surface area (Å²) in [6, 6.07) is 2.46. The number of aliphatic hydroxyl groups is 1. The van der Waals surface area contributed by atoms with Crippen molar-refractivity contribution < 1.29 is 5.11 Å². The number of likely N-dealkylation sites (tertiary alicyclic amines) is 1. The monoisotopic (exact) mass is 209 g/mol. The minimum absolute atomic E-state index is 0.0694. The van der Waals surface area contributed by atoms with Gasteiger partial charge in [-0.3, -0.25) is 9.58 Å². The summed E-state index contributed by atoms with van der Waals surface area (Å²) in [5.41, 5.74) is 1.99. The fourth-order valence-electron chi connectivity index (χ4n) is 2.29. The van der Waals surface area contributed by atoms with E-state index in [2.05, 4.69) is 17.0 Å². The Bertz CT molecular complexity index is 335. The highest BCUT2D eigenvalue weighted by Crippen LogP contribution is 2.28. The lowest BCUT2D eigenvalue weighted by Gasteiger charge is -2.31. The molecule has 0 saturated carbocycles. The SMILES string of the molecule is CN1CCCCC1c1cc(CO)n(C)n1. The Labute approximate surface area is 90.5 Å². The van der Waals surface area contributed by atoms with E-state index >= 15 is 0 Å². The van der Waals surface area contributed by atoms with Crippen molar-refractivity contribution in [2.24, 2.45) is 7.05 Å². The molecule has 0 aromatic carbocycles. The van der Waals surface area contributed by atoms with Gasteiger partial charge in [-0.25, -0.2) is 0 Å². The van der Waals surface area contributed by atoms with E-state index in [0.29, 0.717) is 6.04 Å². The number of hydrogen-bond donors (Lipinski definition) is 1. The van der Waals surface area contributed by atoms with Crippen molar-refractivity contribution in [3.63, 3.8) is 0 Å². The summed E-state index contributed by atoms with van der Waals surface area (Å²) in [5, 5.41) is 13.6. The highest BCUT2D eigenvalue weighted by atomic mass is 16.3. The number of aromatic nitrogens is 2. The lowest BCUT2D eigenvalue weighted by molar-refractivity contribution is 0.183. The Morgan fingerprint density at radius 1 is 1.47 bits per heavy atom. The van der Waals surface area contributed by atoms with Gasteiger partial charge < -0.3 is 5.11 Å². The van der Waals surface area contributed by atoms with E-state index < -0.39 is 0 Å². The van der Waals surface area contributed by atoms with E-state index in [9.17, 15) is 0 Å². The molecule has 1 N–H and O–H groups in total. The van der Waals surface area contributed by atoms with Gasteiger partial charge in [0, 0.05) is 7.05 Å². The number of nitrogens with zero attached hydrogens (tertiary/aromatic N) is 3. The maximum atomic E-state index is 9.12. The largest absolute Gasteiger partial charge is 0.390 e. The molecule has 4 heteroatoms. The van der Waals surface area contributed by atoms with E-state index in [4.69, 9.17) is 5.11 Å². The van der Waals surface area contributed by atoms with Crippen molar-refractivity contribution in [1.82, 2.24) is 14.7 Å². The number of aliphatic hydroxyl groups excluding tert-OH is 1. The molecule has 1 fully saturated rings. The fourth-order valence-corrected chi connectivity index (χ4v) is 2.29. The lowest BCUT2D eigenvalue weighted by atomic mass is 10.0. The summed E-state index contributed by atoms with van der Waals surface area (Å²) in [6.07, 6.45) is 3.74. The van der Waals surface area contributed by atoms with Gasteiger partial charge in [-0.2, -0.15) is 5.10 Å². The van der Waals surface area contributed by atoms with Crippen LogP contribution in [0.3, 0.4) is 0 Å². The zero-order chi connectivity index (χ0) is 10.8. The highest BCUT2D eigenvalue weighted by molar-refractivity contribution is 5.14. The Balaban J connectivity index is 2.20. The summed E-state index contributed by atoms with van der Waals surface area (Å²) in [6.45, 7) is 1.22. The van der Waals surface area contributed by atoms with Crippen LogP contribution in [0.15, 0.2) is 6.07 Å². The molecule has 0 aliphatic carbocycles. The van der Waals surface area contributed by atoms with Crippen LogP contribution >= 0.6 is 0 Å². The van der Waals surface area contributed by atoms with Crippen molar-refractivity contribution >= 4 is 0 Å². The first-order valence-electron chi connectivity index (χ1n) is 5.56. The molecule has 1 aliphatic heterocycles. The van der Waals surface area contributed by atoms with Crippen LogP contribution in [-0.2, 0) is 13.7 Å². The van der Waals surface area contributed by atoms with Gasteiger partial charge >= 0.3 is 0 Å². The molecule has 1 aromatic heterocycles. The highest BCUT2D eigenvalue weighted by Gasteiger charge is 2.23. The number of aryl methyl sites for hydroxylation is 1. The second-order valence-electron chi connectivity index (χ2n) is 4.33. The van der Waals surface area contributed by atoms with Gasteiger partial charge in [0.1, 0.15) is 0 Å². The van der Waals surface area contributed by atoms with Gasteiger partial charge in [-0.05, 0) is 32.5 Å². The Kier molecular flexibility index (Phi) is 3.07. The first-order valence-corrected chi connectivity index (χ1v) is 5.56. The molecule has 4 nitrogen and oxygen atoms in total. The Morgan fingerprint density at radius 3 is 2.87 bits per heavy atom. The average Bonchev–Trinajstić information content (AvgIpc) is 2.60. The van der Waals surface area contributed by atoms with Crippen molar-refractivity contribution in [2.75, 3.05) is 13.6 Å². The lowest BCUT2D eigenvalue weighted by Crippen LogP contribution is -2.29. The standard InChI is InChI=1S/C11H19N3O/c1-13-6-4-3-5-11(13)10-7-9(8-15)14(2)12-10/h7,11,15H,3-6,8H2,1-2H3. The van der Waals surface area contributed by atoms with Crippen LogP contribution < -0.4 is 0 Å². The Hall–Kier alpha value is -0.870. The predicted molar refractivity (Wildman–Crippen MR) is 58.4 cm³/mol. The first-order chi connectivity index (χ1) is 7.22. The molecule has 1 aromatic rings. The topological polar surface area (TPSA) is 41.3 Å². The number of hydrogen-bond acceptors (Lipinski definition) is 3. The maximum absolute atomic E-state index is 9.12. The van der Waals surface area contributed by atoms with Crippen LogP contribution in [0.5, 0.6) is 0 Å². The van der Waals surface area contributed by atoms with Crippen LogP contribution in [0.1, 0.15) is 36.7 Å². The van der Waals surface area contributed by atoms with Crippen molar-refractivity contribution in [2.45, 2.75) is 31.9 Å². The van der Waals surface area contributed by atoms with Crippen LogP contribution in [0.25, 0.3) is 0 Å². The molecule has 0 radical (unpaired) electrons. The molecule has 0 bridgehead atoms. The molecule has 1 saturated heterocycles. The van der Waals surface area contributed by atoms with Gasteiger partial charge in [0.05, 0.1) is 24.0 Å². The van der Waals surface area contributed by atoms with Crippen LogP contribution in [0, 0.1) is 0 Å². The second-order valence-corrected chi connectivity index (χ2v) is 4.33. The van der Waals surface area contributed by atoms with E-state index in [0.717, 1.165) is 17.9 Å². The zero-order valence-corrected chi connectivity index (χ0v) is 9.48. The van der Waals surface area contributed by atoms with Crippen LogP contribution in [0.2, 0.25) is 0 Å². The molecule has 84 valence electrons. The van der Waals surface area contributed by atoms with Crippen molar-refractivity contribution in [3.8, 4) is 0 Å². The van der Waals surface area contributed by atoms with E-state index in [1.807, 2.05) is 13.1 Å². The molecule has 1 aliphatic rings. The molecule has 15 heavy (non-hydrogen) atoms. The first kappa shape index (κ1) is 10.6. The molecule has 1 atom stereocenters. The summed E-state index contributed by atoms with van der Waals surface area (Å²) < 4.78 is 1.78. The second kappa shape index (κ2) is 4.33. The summed E-state index contributed by atoms with van der Waals surface area (Å²) in [4.78, 5) is 2.35. The number of rotatable bonds is 2. The zero-order valence-electron chi connectivity index (χ0n) is 9.48. The van der Waals surface area contributed by atoms with Gasteiger partial charge in [0.2, 0.25) is 0 Å².